The van der Waals surface area contributed by atoms with Gasteiger partial charge in [-0.3, -0.25) is 0 Å². The lowest BCUT2D eigenvalue weighted by molar-refractivity contribution is 0.328. The molecule has 0 atom stereocenters. The molecule has 0 fully saturated rings. The number of hydrogen-bond acceptors (Lipinski definition) is 2. The van der Waals surface area contributed by atoms with Crippen LogP contribution in [0.5, 0.6) is 5.75 Å². The molecule has 0 unspecified atom stereocenters. The quantitative estimate of drug-likeness (QED) is 0.550. The molecular formula is C25H27NO. The molecule has 0 aliphatic rings. The fourth-order valence-corrected chi connectivity index (χ4v) is 3.40. The van der Waals surface area contributed by atoms with E-state index in [-0.39, 0.29) is 0 Å². The van der Waals surface area contributed by atoms with Gasteiger partial charge in [0.15, 0.2) is 0 Å². The van der Waals surface area contributed by atoms with Crippen molar-refractivity contribution >= 4 is 11.1 Å². The summed E-state index contributed by atoms with van der Waals surface area (Å²) in [5.74, 6) is 0.853. The molecule has 27 heavy (non-hydrogen) atoms. The van der Waals surface area contributed by atoms with E-state index in [4.69, 9.17) is 10.5 Å². The molecule has 0 aliphatic carbocycles. The van der Waals surface area contributed by atoms with Crippen LogP contribution < -0.4 is 10.5 Å². The molecule has 0 bridgehead atoms. The Labute approximate surface area is 162 Å². The maximum absolute atomic E-state index is 5.65. The third-order valence-electron chi connectivity index (χ3n) is 4.72. The van der Waals surface area contributed by atoms with Gasteiger partial charge in [0, 0.05) is 6.54 Å². The van der Waals surface area contributed by atoms with E-state index in [0.717, 1.165) is 12.2 Å². The molecule has 3 aromatic rings. The summed E-state index contributed by atoms with van der Waals surface area (Å²) in [5, 5.41) is 0. The monoisotopic (exact) mass is 357 g/mol. The molecule has 3 aromatic carbocycles. The lowest BCUT2D eigenvalue weighted by Crippen LogP contribution is -2.10. The molecule has 2 heteroatoms. The SMILES string of the molecule is CC/C(=C(/c1ccc(OCCN)cc1)c1ccccc1C)c1ccccc1. The zero-order valence-electron chi connectivity index (χ0n) is 16.1. The Balaban J connectivity index is 2.16. The summed E-state index contributed by atoms with van der Waals surface area (Å²) in [5.41, 5.74) is 13.2. The van der Waals surface area contributed by atoms with Gasteiger partial charge in [0.25, 0.3) is 0 Å². The lowest BCUT2D eigenvalue weighted by atomic mass is 9.86. The van der Waals surface area contributed by atoms with Gasteiger partial charge in [0.05, 0.1) is 0 Å². The van der Waals surface area contributed by atoms with Crippen LogP contribution in [0.3, 0.4) is 0 Å². The van der Waals surface area contributed by atoms with Crippen molar-refractivity contribution in [2.45, 2.75) is 20.3 Å². The van der Waals surface area contributed by atoms with Crippen molar-refractivity contribution in [3.63, 3.8) is 0 Å². The van der Waals surface area contributed by atoms with E-state index in [2.05, 4.69) is 80.6 Å². The van der Waals surface area contributed by atoms with Gasteiger partial charge in [0.1, 0.15) is 12.4 Å². The van der Waals surface area contributed by atoms with Gasteiger partial charge in [-0.2, -0.15) is 0 Å². The second kappa shape index (κ2) is 9.20. The molecule has 2 N–H and O–H groups in total. The van der Waals surface area contributed by atoms with Crippen molar-refractivity contribution in [3.8, 4) is 5.75 Å². The van der Waals surface area contributed by atoms with Gasteiger partial charge in [-0.15, -0.1) is 0 Å². The Morgan fingerprint density at radius 2 is 1.48 bits per heavy atom. The summed E-state index contributed by atoms with van der Waals surface area (Å²) in [6.45, 7) is 5.44. The lowest BCUT2D eigenvalue weighted by Gasteiger charge is -2.18. The predicted molar refractivity (Wildman–Crippen MR) is 115 cm³/mol. The van der Waals surface area contributed by atoms with Crippen LogP contribution in [0.15, 0.2) is 78.9 Å². The maximum atomic E-state index is 5.65. The normalized spacial score (nSPS) is 11.8. The van der Waals surface area contributed by atoms with Crippen molar-refractivity contribution < 1.29 is 4.74 Å². The van der Waals surface area contributed by atoms with Crippen LogP contribution in [0, 0.1) is 6.92 Å². The zero-order valence-corrected chi connectivity index (χ0v) is 16.1. The second-order valence-corrected chi connectivity index (χ2v) is 6.55. The minimum Gasteiger partial charge on any atom is -0.492 e. The van der Waals surface area contributed by atoms with Crippen LogP contribution in [0.1, 0.15) is 35.6 Å². The third-order valence-corrected chi connectivity index (χ3v) is 4.72. The number of rotatable bonds is 7. The molecule has 0 heterocycles. The van der Waals surface area contributed by atoms with Crippen LogP contribution in [0.4, 0.5) is 0 Å². The average molecular weight is 357 g/mol. The molecule has 0 amide bonds. The highest BCUT2D eigenvalue weighted by molar-refractivity contribution is 5.99. The Hall–Kier alpha value is -2.84. The number of benzene rings is 3. The van der Waals surface area contributed by atoms with Gasteiger partial charge in [0.2, 0.25) is 0 Å². The van der Waals surface area contributed by atoms with Crippen LogP contribution in [0.2, 0.25) is 0 Å². The van der Waals surface area contributed by atoms with Gasteiger partial charge in [-0.25, -0.2) is 0 Å². The third kappa shape index (κ3) is 4.47. The van der Waals surface area contributed by atoms with Gasteiger partial charge in [-0.05, 0) is 58.9 Å². The summed E-state index contributed by atoms with van der Waals surface area (Å²) in [6.07, 6.45) is 0.957. The van der Waals surface area contributed by atoms with E-state index < -0.39 is 0 Å². The van der Waals surface area contributed by atoms with Crippen molar-refractivity contribution in [2.75, 3.05) is 13.2 Å². The molecule has 0 saturated carbocycles. The number of ether oxygens (including phenoxy) is 1. The van der Waals surface area contributed by atoms with Crippen molar-refractivity contribution in [2.24, 2.45) is 5.73 Å². The first-order valence-electron chi connectivity index (χ1n) is 9.52. The first-order valence-corrected chi connectivity index (χ1v) is 9.52. The summed E-state index contributed by atoms with van der Waals surface area (Å²) >= 11 is 0. The highest BCUT2D eigenvalue weighted by Gasteiger charge is 2.14. The molecule has 0 saturated heterocycles. The van der Waals surface area contributed by atoms with Crippen molar-refractivity contribution in [1.29, 1.82) is 0 Å². The van der Waals surface area contributed by atoms with Gasteiger partial charge >= 0.3 is 0 Å². The van der Waals surface area contributed by atoms with E-state index in [1.807, 2.05) is 12.1 Å². The maximum Gasteiger partial charge on any atom is 0.119 e. The van der Waals surface area contributed by atoms with E-state index in [0.29, 0.717) is 13.2 Å². The minimum absolute atomic E-state index is 0.518. The standard InChI is InChI=1S/C25H27NO/c1-3-23(20-10-5-4-6-11-20)25(24-12-8-7-9-19(24)2)21-13-15-22(16-14-21)27-18-17-26/h4-16H,3,17-18,26H2,1-2H3/b25-23+. The summed E-state index contributed by atoms with van der Waals surface area (Å²) < 4.78 is 5.65. The van der Waals surface area contributed by atoms with Crippen LogP contribution in [-0.2, 0) is 0 Å². The van der Waals surface area contributed by atoms with E-state index in [1.54, 1.807) is 0 Å². The van der Waals surface area contributed by atoms with E-state index in [1.165, 1.54) is 33.4 Å². The summed E-state index contributed by atoms with van der Waals surface area (Å²) in [7, 11) is 0. The molecule has 3 rings (SSSR count). The highest BCUT2D eigenvalue weighted by Crippen LogP contribution is 2.36. The van der Waals surface area contributed by atoms with Crippen LogP contribution in [-0.4, -0.2) is 13.2 Å². The first-order chi connectivity index (χ1) is 13.2. The average Bonchev–Trinajstić information content (AvgIpc) is 2.72. The molecule has 0 radical (unpaired) electrons. The Morgan fingerprint density at radius 1 is 0.815 bits per heavy atom. The summed E-state index contributed by atoms with van der Waals surface area (Å²) in [6, 6.07) is 27.6. The minimum atomic E-state index is 0.518. The van der Waals surface area contributed by atoms with Crippen molar-refractivity contribution in [3.05, 3.63) is 101 Å². The summed E-state index contributed by atoms with van der Waals surface area (Å²) in [4.78, 5) is 0. The number of allylic oxidation sites excluding steroid dienone is 1. The first kappa shape index (κ1) is 18.9. The number of nitrogens with two attached hydrogens (primary N) is 1. The Morgan fingerprint density at radius 3 is 2.11 bits per heavy atom. The van der Waals surface area contributed by atoms with E-state index in [9.17, 15) is 0 Å². The van der Waals surface area contributed by atoms with E-state index >= 15 is 0 Å². The zero-order chi connectivity index (χ0) is 19.1. The number of hydrogen-bond donors (Lipinski definition) is 1. The topological polar surface area (TPSA) is 35.2 Å². The number of aryl methyl sites for hydroxylation is 1. The molecular weight excluding hydrogens is 330 g/mol. The smallest absolute Gasteiger partial charge is 0.119 e. The Kier molecular flexibility index (Phi) is 6.45. The largest absolute Gasteiger partial charge is 0.492 e. The molecule has 2 nitrogen and oxygen atoms in total. The molecule has 0 aliphatic heterocycles. The Bertz CT molecular complexity index is 895. The fraction of sp³-hybridized carbons (Fsp3) is 0.200. The molecule has 0 spiro atoms. The van der Waals surface area contributed by atoms with Crippen LogP contribution >= 0.6 is 0 Å². The molecule has 138 valence electrons. The van der Waals surface area contributed by atoms with Crippen LogP contribution in [0.25, 0.3) is 11.1 Å². The fourth-order valence-electron chi connectivity index (χ4n) is 3.40. The highest BCUT2D eigenvalue weighted by atomic mass is 16.5. The molecule has 0 aromatic heterocycles. The predicted octanol–water partition coefficient (Wildman–Crippen LogP) is 5.70. The van der Waals surface area contributed by atoms with Crippen molar-refractivity contribution in [1.82, 2.24) is 0 Å². The van der Waals surface area contributed by atoms with Gasteiger partial charge in [-0.1, -0.05) is 73.7 Å². The second-order valence-electron chi connectivity index (χ2n) is 6.55. The van der Waals surface area contributed by atoms with Gasteiger partial charge < -0.3 is 10.5 Å².